The smallest absolute Gasteiger partial charge is 0.258 e. The van der Waals surface area contributed by atoms with Crippen LogP contribution in [0.4, 0.5) is 27.6 Å². The average molecular weight is 682 g/mol. The molecule has 0 radical (unpaired) electrons. The van der Waals surface area contributed by atoms with Gasteiger partial charge >= 0.3 is 0 Å². The maximum Gasteiger partial charge on any atom is 0.258 e. The topological polar surface area (TPSA) is 124 Å². The highest BCUT2D eigenvalue weighted by atomic mass is 35.5. The molecule has 232 valence electrons. The van der Waals surface area contributed by atoms with Crippen molar-refractivity contribution in [2.45, 2.75) is 28.5 Å². The lowest BCUT2D eigenvalue weighted by Gasteiger charge is -2.50. The maximum atomic E-state index is 15.0. The van der Waals surface area contributed by atoms with Crippen LogP contribution in [0.2, 0.25) is 5.02 Å². The fourth-order valence-corrected chi connectivity index (χ4v) is 7.99. The van der Waals surface area contributed by atoms with Crippen LogP contribution in [0.25, 0.3) is 0 Å². The number of amides is 4. The third kappa shape index (κ3) is 3.56. The van der Waals surface area contributed by atoms with Crippen LogP contribution in [0.1, 0.15) is 24.3 Å². The summed E-state index contributed by atoms with van der Waals surface area (Å²) in [6, 6.07) is 2.26. The molecule has 2 aromatic carbocycles. The number of phenolic OH excluding ortho intramolecular Hbond substituents is 1. The first-order valence-corrected chi connectivity index (χ1v) is 13.8. The maximum absolute atomic E-state index is 15.0. The van der Waals surface area contributed by atoms with Gasteiger partial charge in [0.05, 0.1) is 24.0 Å². The number of ether oxygens (including phenoxy) is 1. The molecule has 6 rings (SSSR count). The molecule has 4 amide bonds. The molecule has 3 fully saturated rings. The zero-order chi connectivity index (χ0) is 32.4. The van der Waals surface area contributed by atoms with Crippen LogP contribution in [-0.4, -0.2) is 55.9 Å². The molecule has 6 atom stereocenters. The van der Waals surface area contributed by atoms with Gasteiger partial charge < -0.3 is 9.84 Å². The van der Waals surface area contributed by atoms with E-state index >= 15 is 8.78 Å². The second kappa shape index (κ2) is 9.77. The molecule has 2 aromatic rings. The number of halogens is 8. The second-order valence-corrected chi connectivity index (χ2v) is 12.4. The zero-order valence-electron chi connectivity index (χ0n) is 21.8. The number of nitrogens with zero attached hydrogens (tertiary/aromatic N) is 2. The Labute approximate surface area is 258 Å². The number of phenols is 1. The van der Waals surface area contributed by atoms with E-state index in [-0.39, 0.29) is 38.3 Å². The number of alkyl halides is 2. The van der Waals surface area contributed by atoms with Crippen LogP contribution in [0.5, 0.6) is 11.5 Å². The molecule has 4 aliphatic rings. The SMILES string of the molecule is COc1cc(C2C3=CCC4C(=O)N(O)C(=O)C4C3CC3(Cl)C(=O)N(c4c(F)c(F)c(F)c(F)c4F)C(=O)C23Cl)cc(Cl)c1O. The molecule has 2 saturated heterocycles. The van der Waals surface area contributed by atoms with Crippen molar-refractivity contribution in [2.75, 3.05) is 12.0 Å². The molecule has 2 aliphatic heterocycles. The minimum Gasteiger partial charge on any atom is -0.503 e. The van der Waals surface area contributed by atoms with Gasteiger partial charge in [-0.25, -0.2) is 26.9 Å². The van der Waals surface area contributed by atoms with Crippen LogP contribution in [-0.2, 0) is 19.2 Å². The van der Waals surface area contributed by atoms with E-state index in [0.717, 1.165) is 19.2 Å². The van der Waals surface area contributed by atoms with Gasteiger partial charge in [0, 0.05) is 5.92 Å². The Bertz CT molecular complexity index is 1750. The first-order chi connectivity index (χ1) is 20.5. The Morgan fingerprint density at radius 3 is 2.09 bits per heavy atom. The van der Waals surface area contributed by atoms with Crippen molar-refractivity contribution in [3.05, 3.63) is 63.5 Å². The van der Waals surface area contributed by atoms with E-state index in [4.69, 9.17) is 39.5 Å². The van der Waals surface area contributed by atoms with E-state index in [1.807, 2.05) is 0 Å². The monoisotopic (exact) mass is 680 g/mol. The number of hydrogen-bond donors (Lipinski definition) is 2. The van der Waals surface area contributed by atoms with E-state index < -0.39 is 104 Å². The average Bonchev–Trinajstić information content (AvgIpc) is 3.30. The summed E-state index contributed by atoms with van der Waals surface area (Å²) in [4.78, 5) is 48.0. The lowest BCUT2D eigenvalue weighted by molar-refractivity contribution is -0.173. The number of hydroxylamine groups is 2. The summed E-state index contributed by atoms with van der Waals surface area (Å²) in [5.41, 5.74) is -1.87. The standard InChI is InChI=1S/C27H16Cl3F5N2O7/c1-44-12-5-7(4-11(28)21(12)38)14-8-2-3-9-13(23(40)37(43)22(9)39)10(8)6-26(29)24(41)36(25(42)27(14,26)30)20-18(34)16(32)15(31)17(33)19(20)35/h2,4-5,9-10,13-14,38,43H,3,6H2,1H3. The minimum atomic E-state index is -2.78. The van der Waals surface area contributed by atoms with Gasteiger partial charge in [-0.05, 0) is 36.5 Å². The molecule has 0 bridgehead atoms. The van der Waals surface area contributed by atoms with E-state index in [9.17, 15) is 42.7 Å². The van der Waals surface area contributed by atoms with Crippen molar-refractivity contribution in [1.29, 1.82) is 0 Å². The van der Waals surface area contributed by atoms with Crippen LogP contribution in [0.15, 0.2) is 23.8 Å². The third-order valence-corrected chi connectivity index (χ3v) is 10.5. The number of benzene rings is 2. The molecular weight excluding hydrogens is 666 g/mol. The predicted octanol–water partition coefficient (Wildman–Crippen LogP) is 4.70. The molecule has 2 heterocycles. The molecule has 0 spiro atoms. The van der Waals surface area contributed by atoms with Crippen molar-refractivity contribution in [1.82, 2.24) is 5.06 Å². The van der Waals surface area contributed by atoms with Crippen LogP contribution < -0.4 is 9.64 Å². The van der Waals surface area contributed by atoms with E-state index in [0.29, 0.717) is 0 Å². The van der Waals surface area contributed by atoms with Crippen LogP contribution >= 0.6 is 34.8 Å². The third-order valence-electron chi connectivity index (χ3n) is 8.80. The molecule has 1 saturated carbocycles. The molecule has 17 heteroatoms. The van der Waals surface area contributed by atoms with Crippen molar-refractivity contribution >= 4 is 64.1 Å². The van der Waals surface area contributed by atoms with Crippen LogP contribution in [0.3, 0.4) is 0 Å². The summed E-state index contributed by atoms with van der Waals surface area (Å²) < 4.78 is 77.5. The van der Waals surface area contributed by atoms with E-state index in [1.165, 1.54) is 6.08 Å². The summed E-state index contributed by atoms with van der Waals surface area (Å²) in [7, 11) is 1.15. The summed E-state index contributed by atoms with van der Waals surface area (Å²) in [6.45, 7) is 0. The van der Waals surface area contributed by atoms with Crippen molar-refractivity contribution < 1.29 is 56.2 Å². The number of rotatable bonds is 3. The van der Waals surface area contributed by atoms with Gasteiger partial charge in [0.15, 0.2) is 44.5 Å². The van der Waals surface area contributed by atoms with E-state index in [2.05, 4.69) is 0 Å². The van der Waals surface area contributed by atoms with Gasteiger partial charge in [-0.3, -0.25) is 24.4 Å². The largest absolute Gasteiger partial charge is 0.503 e. The summed E-state index contributed by atoms with van der Waals surface area (Å²) >= 11 is 20.1. The first-order valence-electron chi connectivity index (χ1n) is 12.7. The molecule has 6 unspecified atom stereocenters. The second-order valence-electron chi connectivity index (χ2n) is 10.7. The highest BCUT2D eigenvalue weighted by Gasteiger charge is 2.77. The van der Waals surface area contributed by atoms with E-state index in [1.54, 1.807) is 0 Å². The summed E-state index contributed by atoms with van der Waals surface area (Å²) in [5, 5.41) is 20.0. The fourth-order valence-electron chi connectivity index (χ4n) is 6.84. The highest BCUT2D eigenvalue weighted by Crippen LogP contribution is 2.66. The van der Waals surface area contributed by atoms with Crippen molar-refractivity contribution in [3.8, 4) is 11.5 Å². The molecule has 9 nitrogen and oxygen atoms in total. The number of carbonyl (C=O) groups excluding carboxylic acids is 4. The van der Waals surface area contributed by atoms with Gasteiger partial charge in [-0.2, -0.15) is 5.06 Å². The lowest BCUT2D eigenvalue weighted by Crippen LogP contribution is -2.60. The highest BCUT2D eigenvalue weighted by molar-refractivity contribution is 6.58. The normalized spacial score (nSPS) is 31.3. The Kier molecular flexibility index (Phi) is 6.78. The van der Waals surface area contributed by atoms with Crippen molar-refractivity contribution in [2.24, 2.45) is 17.8 Å². The number of carbonyl (C=O) groups is 4. The van der Waals surface area contributed by atoms with Crippen molar-refractivity contribution in [3.63, 3.8) is 0 Å². The zero-order valence-corrected chi connectivity index (χ0v) is 24.1. The van der Waals surface area contributed by atoms with Gasteiger partial charge in [0.2, 0.25) is 5.82 Å². The number of methoxy groups -OCH3 is 1. The molecule has 2 N–H and O–H groups in total. The number of imide groups is 2. The Hall–Kier alpha value is -3.46. The molecule has 44 heavy (non-hydrogen) atoms. The first kappa shape index (κ1) is 30.6. The number of fused-ring (bicyclic) bond motifs is 4. The van der Waals surface area contributed by atoms with Crippen LogP contribution in [0, 0.1) is 46.8 Å². The van der Waals surface area contributed by atoms with Gasteiger partial charge in [0.1, 0.15) is 5.69 Å². The predicted molar refractivity (Wildman–Crippen MR) is 140 cm³/mol. The summed E-state index contributed by atoms with van der Waals surface area (Å²) in [5.74, 6) is -24.0. The Morgan fingerprint density at radius 2 is 1.50 bits per heavy atom. The van der Waals surface area contributed by atoms with Gasteiger partial charge in [-0.15, -0.1) is 23.2 Å². The van der Waals surface area contributed by atoms with Gasteiger partial charge in [-0.1, -0.05) is 23.3 Å². The quantitative estimate of drug-likeness (QED) is 0.0916. The minimum absolute atomic E-state index is 0.0721. The molecule has 0 aromatic heterocycles. The summed E-state index contributed by atoms with van der Waals surface area (Å²) in [6.07, 6.45) is 0.519. The fraction of sp³-hybridized carbons (Fsp3) is 0.333. The van der Waals surface area contributed by atoms with Gasteiger partial charge in [0.25, 0.3) is 23.6 Å². The Morgan fingerprint density at radius 1 is 0.909 bits per heavy atom. The number of hydrogen-bond acceptors (Lipinski definition) is 7. The number of anilines is 1. The number of aromatic hydroxyl groups is 1. The molecule has 2 aliphatic carbocycles. The molecular formula is C27H16Cl3F5N2O7. The Balaban J connectivity index is 1.64. The number of allylic oxidation sites excluding steroid dienone is 2. The lowest BCUT2D eigenvalue weighted by atomic mass is 9.56.